The van der Waals surface area contributed by atoms with Crippen LogP contribution in [0, 0.1) is 13.8 Å². The molecule has 3 aliphatic rings. The zero-order valence-electron chi connectivity index (χ0n) is 19.8. The van der Waals surface area contributed by atoms with Crippen molar-refractivity contribution in [1.82, 2.24) is 9.88 Å². The van der Waals surface area contributed by atoms with E-state index in [0.717, 1.165) is 58.3 Å². The van der Waals surface area contributed by atoms with E-state index in [0.29, 0.717) is 12.3 Å². The molecular weight excluding hydrogens is 406 g/mol. The number of benzene rings is 2. The van der Waals surface area contributed by atoms with Crippen LogP contribution in [0.15, 0.2) is 36.4 Å². The van der Waals surface area contributed by atoms with Gasteiger partial charge in [0.25, 0.3) is 0 Å². The number of nitrogens with zero attached hydrogens (tertiary/aromatic N) is 2. The van der Waals surface area contributed by atoms with Gasteiger partial charge in [-0.3, -0.25) is 9.69 Å². The van der Waals surface area contributed by atoms with Crippen LogP contribution >= 0.6 is 0 Å². The average molecular weight is 440 g/mol. The van der Waals surface area contributed by atoms with Crippen molar-refractivity contribution in [3.05, 3.63) is 69.9 Å². The third kappa shape index (κ3) is 3.71. The molecule has 0 radical (unpaired) electrons. The van der Waals surface area contributed by atoms with Gasteiger partial charge in [-0.25, -0.2) is 0 Å². The molecule has 1 amide bonds. The lowest BCUT2D eigenvalue weighted by atomic mass is 9.89. The van der Waals surface area contributed by atoms with Crippen molar-refractivity contribution in [2.24, 2.45) is 0 Å². The number of hydrogen-bond donors (Lipinski definition) is 1. The van der Waals surface area contributed by atoms with Crippen LogP contribution in [0.5, 0.6) is 0 Å². The number of nitrogens with one attached hydrogen (secondary N) is 1. The Balaban J connectivity index is 1.16. The summed E-state index contributed by atoms with van der Waals surface area (Å²) in [5, 5.41) is 1.35. The fraction of sp³-hybridized carbons (Fsp3) is 0.414. The summed E-state index contributed by atoms with van der Waals surface area (Å²) >= 11 is 0. The zero-order valence-corrected chi connectivity index (χ0v) is 19.8. The molecule has 2 aromatic carbocycles. The van der Waals surface area contributed by atoms with Crippen molar-refractivity contribution < 1.29 is 4.79 Å². The Morgan fingerprint density at radius 1 is 0.970 bits per heavy atom. The number of aromatic amines is 1. The fourth-order valence-corrected chi connectivity index (χ4v) is 6.16. The Morgan fingerprint density at radius 2 is 1.82 bits per heavy atom. The first kappa shape index (κ1) is 20.7. The summed E-state index contributed by atoms with van der Waals surface area (Å²) < 4.78 is 0. The Bertz CT molecular complexity index is 1260. The summed E-state index contributed by atoms with van der Waals surface area (Å²) in [6, 6.07) is 11.5. The Hall–Kier alpha value is -2.85. The maximum atomic E-state index is 12.3. The first-order valence-electron chi connectivity index (χ1n) is 12.5. The van der Waals surface area contributed by atoms with Crippen molar-refractivity contribution in [3.8, 4) is 0 Å². The Morgan fingerprint density at radius 3 is 2.64 bits per heavy atom. The smallest absolute Gasteiger partial charge is 0.227 e. The van der Waals surface area contributed by atoms with E-state index in [1.54, 1.807) is 0 Å². The number of rotatable bonds is 4. The van der Waals surface area contributed by atoms with Crippen LogP contribution < -0.4 is 4.90 Å². The summed E-state index contributed by atoms with van der Waals surface area (Å²) in [4.78, 5) is 20.5. The molecule has 1 aromatic heterocycles. The summed E-state index contributed by atoms with van der Waals surface area (Å²) in [7, 11) is 0. The maximum Gasteiger partial charge on any atom is 0.227 e. The predicted octanol–water partition coefficient (Wildman–Crippen LogP) is 5.34. The van der Waals surface area contributed by atoms with Gasteiger partial charge in [0.2, 0.25) is 5.91 Å². The molecule has 0 saturated carbocycles. The van der Waals surface area contributed by atoms with Crippen molar-refractivity contribution in [1.29, 1.82) is 0 Å². The van der Waals surface area contributed by atoms with Gasteiger partial charge in [0.1, 0.15) is 0 Å². The quantitative estimate of drug-likeness (QED) is 0.596. The number of aryl methyl sites for hydroxylation is 4. The highest BCUT2D eigenvalue weighted by atomic mass is 16.2. The van der Waals surface area contributed by atoms with Crippen LogP contribution in [-0.4, -0.2) is 42.0 Å². The summed E-state index contributed by atoms with van der Waals surface area (Å²) in [5.41, 5.74) is 12.2. The Labute approximate surface area is 196 Å². The third-order valence-corrected chi connectivity index (χ3v) is 7.81. The molecule has 0 atom stereocenters. The predicted molar refractivity (Wildman–Crippen MR) is 136 cm³/mol. The van der Waals surface area contributed by atoms with E-state index in [1.165, 1.54) is 55.7 Å². The minimum atomic E-state index is 0.313. The van der Waals surface area contributed by atoms with Gasteiger partial charge in [-0.1, -0.05) is 30.3 Å². The molecule has 0 fully saturated rings. The van der Waals surface area contributed by atoms with Crippen LogP contribution in [0.1, 0.15) is 52.8 Å². The second-order valence-corrected chi connectivity index (χ2v) is 10.1. The topological polar surface area (TPSA) is 39.3 Å². The van der Waals surface area contributed by atoms with Gasteiger partial charge >= 0.3 is 0 Å². The molecule has 170 valence electrons. The summed E-state index contributed by atoms with van der Waals surface area (Å²) in [6.45, 7) is 8.49. The number of amides is 1. The van der Waals surface area contributed by atoms with E-state index in [-0.39, 0.29) is 0 Å². The normalized spacial score (nSPS) is 18.5. The highest BCUT2D eigenvalue weighted by Crippen LogP contribution is 2.37. The second kappa shape index (κ2) is 8.18. The van der Waals surface area contributed by atoms with E-state index in [1.807, 2.05) is 4.90 Å². The highest BCUT2D eigenvalue weighted by molar-refractivity contribution is 5.98. The van der Waals surface area contributed by atoms with E-state index in [9.17, 15) is 4.79 Å². The van der Waals surface area contributed by atoms with Gasteiger partial charge < -0.3 is 9.88 Å². The van der Waals surface area contributed by atoms with Crippen molar-refractivity contribution >= 4 is 28.1 Å². The van der Waals surface area contributed by atoms with Crippen LogP contribution in [0.2, 0.25) is 0 Å². The number of hydrogen-bond acceptors (Lipinski definition) is 2. The van der Waals surface area contributed by atoms with Gasteiger partial charge in [0.05, 0.1) is 5.69 Å². The summed E-state index contributed by atoms with van der Waals surface area (Å²) in [6.07, 6.45) is 8.41. The zero-order chi connectivity index (χ0) is 22.5. The summed E-state index contributed by atoms with van der Waals surface area (Å²) in [5.74, 6) is 0.313. The Kier molecular flexibility index (Phi) is 5.14. The highest BCUT2D eigenvalue weighted by Gasteiger charge is 2.29. The first-order valence-corrected chi connectivity index (χ1v) is 12.5. The molecule has 6 rings (SSSR count). The van der Waals surface area contributed by atoms with Gasteiger partial charge in [-0.2, -0.15) is 0 Å². The molecule has 0 spiro atoms. The lowest BCUT2D eigenvalue weighted by Crippen LogP contribution is -2.39. The largest absolute Gasteiger partial charge is 0.358 e. The van der Waals surface area contributed by atoms with E-state index < -0.39 is 0 Å². The van der Waals surface area contributed by atoms with Crippen molar-refractivity contribution in [3.63, 3.8) is 0 Å². The van der Waals surface area contributed by atoms with E-state index in [4.69, 9.17) is 0 Å². The van der Waals surface area contributed by atoms with Crippen LogP contribution in [0.3, 0.4) is 0 Å². The molecular formula is C29H33N3O. The fourth-order valence-electron chi connectivity index (χ4n) is 6.16. The molecule has 0 unspecified atom stereocenters. The van der Waals surface area contributed by atoms with Gasteiger partial charge in [-0.15, -0.1) is 0 Å². The number of H-pyrrole nitrogens is 1. The van der Waals surface area contributed by atoms with Gasteiger partial charge in [0.15, 0.2) is 0 Å². The SMILES string of the molecule is Cc1ccc2c(C3=CCN(CCc4cc5c6c(c4)CCC(=O)N6CCC5)CC3)c(C)[nH]c2c1. The molecule has 1 N–H and O–H groups in total. The molecule has 4 heteroatoms. The standard InChI is InChI=1S/C29H33N3O/c1-19-5-7-25-26(16-19)30-20(2)28(25)22-10-14-31(15-11-22)13-9-21-17-23-4-3-12-32-27(33)8-6-24(18-21)29(23)32/h5,7,10,16-18,30H,3-4,6,8-9,11-15H2,1-2H3. The maximum absolute atomic E-state index is 12.3. The van der Waals surface area contributed by atoms with Crippen LogP contribution in [0.25, 0.3) is 16.5 Å². The van der Waals surface area contributed by atoms with Gasteiger partial charge in [0, 0.05) is 54.8 Å². The number of carbonyl (C=O) groups excluding carboxylic acids is 1. The molecule has 0 saturated heterocycles. The molecule has 0 bridgehead atoms. The third-order valence-electron chi connectivity index (χ3n) is 7.81. The van der Waals surface area contributed by atoms with Crippen molar-refractivity contribution in [2.75, 3.05) is 31.1 Å². The lowest BCUT2D eigenvalue weighted by molar-refractivity contribution is -0.119. The molecule has 3 aromatic rings. The van der Waals surface area contributed by atoms with E-state index >= 15 is 0 Å². The lowest BCUT2D eigenvalue weighted by Gasteiger charge is -2.35. The number of aromatic nitrogens is 1. The number of anilines is 1. The first-order chi connectivity index (χ1) is 16.1. The molecule has 4 nitrogen and oxygen atoms in total. The van der Waals surface area contributed by atoms with Gasteiger partial charge in [-0.05, 0) is 79.8 Å². The minimum Gasteiger partial charge on any atom is -0.358 e. The molecule has 33 heavy (non-hydrogen) atoms. The second-order valence-electron chi connectivity index (χ2n) is 10.1. The number of fused-ring (bicyclic) bond motifs is 1. The molecule has 0 aliphatic carbocycles. The van der Waals surface area contributed by atoms with Crippen LogP contribution in [-0.2, 0) is 24.1 Å². The minimum absolute atomic E-state index is 0.313. The number of carbonyl (C=O) groups is 1. The van der Waals surface area contributed by atoms with Crippen molar-refractivity contribution in [2.45, 2.75) is 52.4 Å². The average Bonchev–Trinajstić information content (AvgIpc) is 3.15. The molecule has 4 heterocycles. The van der Waals surface area contributed by atoms with Crippen LogP contribution in [0.4, 0.5) is 5.69 Å². The monoisotopic (exact) mass is 439 g/mol. The van der Waals surface area contributed by atoms with E-state index in [2.05, 4.69) is 60.1 Å². The molecule has 3 aliphatic heterocycles.